The van der Waals surface area contributed by atoms with Crippen LogP contribution in [0.2, 0.25) is 0 Å². The fourth-order valence-corrected chi connectivity index (χ4v) is 1.55. The highest BCUT2D eigenvalue weighted by Crippen LogP contribution is 2.28. The molecule has 17 heavy (non-hydrogen) atoms. The third-order valence-electron chi connectivity index (χ3n) is 2.28. The van der Waals surface area contributed by atoms with Gasteiger partial charge < -0.3 is 20.5 Å². The Hall–Kier alpha value is -2.08. The molecule has 1 aliphatic heterocycles. The minimum absolute atomic E-state index is 0.0314. The lowest BCUT2D eigenvalue weighted by Gasteiger charge is -2.18. The Bertz CT molecular complexity index is 459. The van der Waals surface area contributed by atoms with E-state index in [1.54, 1.807) is 12.1 Å². The number of carboxylic acid groups (broad SMARTS) is 1. The van der Waals surface area contributed by atoms with Crippen LogP contribution in [0.4, 0.5) is 5.69 Å². The van der Waals surface area contributed by atoms with Gasteiger partial charge in [0.1, 0.15) is 5.75 Å². The molecular formula is C11H12N2O4. The van der Waals surface area contributed by atoms with Crippen LogP contribution in [-0.2, 0) is 16.1 Å². The molecule has 3 N–H and O–H groups in total. The van der Waals surface area contributed by atoms with Gasteiger partial charge in [0.25, 0.3) is 5.91 Å². The van der Waals surface area contributed by atoms with Crippen LogP contribution in [0.15, 0.2) is 18.2 Å². The van der Waals surface area contributed by atoms with Crippen molar-refractivity contribution < 1.29 is 19.4 Å². The summed E-state index contributed by atoms with van der Waals surface area (Å²) in [7, 11) is 0. The van der Waals surface area contributed by atoms with Gasteiger partial charge in [-0.3, -0.25) is 9.59 Å². The summed E-state index contributed by atoms with van der Waals surface area (Å²) in [6.07, 6.45) is 0. The van der Waals surface area contributed by atoms with Crippen molar-refractivity contribution in [1.82, 2.24) is 5.32 Å². The molecule has 0 saturated heterocycles. The molecule has 0 aliphatic carbocycles. The molecule has 6 nitrogen and oxygen atoms in total. The zero-order valence-electron chi connectivity index (χ0n) is 9.03. The molecule has 1 aliphatic rings. The molecule has 90 valence electrons. The number of carbonyl (C=O) groups excluding carboxylic acids is 1. The second kappa shape index (κ2) is 4.84. The largest absolute Gasteiger partial charge is 0.482 e. The maximum absolute atomic E-state index is 11.1. The number of benzene rings is 1. The molecule has 0 aromatic heterocycles. The zero-order chi connectivity index (χ0) is 12.3. The van der Waals surface area contributed by atoms with Gasteiger partial charge in [0, 0.05) is 6.54 Å². The number of aliphatic carboxylic acids is 1. The topological polar surface area (TPSA) is 87.7 Å². The number of fused-ring (bicyclic) bond motifs is 1. The van der Waals surface area contributed by atoms with E-state index in [-0.39, 0.29) is 19.1 Å². The Morgan fingerprint density at radius 1 is 1.53 bits per heavy atom. The van der Waals surface area contributed by atoms with Gasteiger partial charge in [-0.25, -0.2) is 0 Å². The van der Waals surface area contributed by atoms with Crippen LogP contribution in [-0.4, -0.2) is 30.1 Å². The van der Waals surface area contributed by atoms with E-state index in [0.29, 0.717) is 18.0 Å². The van der Waals surface area contributed by atoms with Gasteiger partial charge in [-0.15, -0.1) is 0 Å². The van der Waals surface area contributed by atoms with Crippen LogP contribution in [0, 0.1) is 0 Å². The highest BCUT2D eigenvalue weighted by Gasteiger charge is 2.15. The second-order valence-electron chi connectivity index (χ2n) is 3.66. The molecule has 0 spiro atoms. The number of carboxylic acids is 1. The number of nitrogens with one attached hydrogen (secondary N) is 2. The van der Waals surface area contributed by atoms with Gasteiger partial charge >= 0.3 is 5.97 Å². The van der Waals surface area contributed by atoms with Crippen LogP contribution in [0.1, 0.15) is 5.56 Å². The number of hydrogen-bond acceptors (Lipinski definition) is 4. The Morgan fingerprint density at radius 2 is 2.35 bits per heavy atom. The predicted octanol–water partition coefficient (Wildman–Crippen LogP) is 0.192. The van der Waals surface area contributed by atoms with Gasteiger partial charge in [0.15, 0.2) is 6.61 Å². The van der Waals surface area contributed by atoms with Gasteiger partial charge in [-0.05, 0) is 17.7 Å². The summed E-state index contributed by atoms with van der Waals surface area (Å²) in [5.41, 5.74) is 1.51. The number of anilines is 1. The maximum Gasteiger partial charge on any atom is 0.317 e. The van der Waals surface area contributed by atoms with E-state index in [1.165, 1.54) is 0 Å². The summed E-state index contributed by atoms with van der Waals surface area (Å²) in [4.78, 5) is 21.4. The molecule has 1 heterocycles. The molecule has 0 saturated carbocycles. The Labute approximate surface area is 97.6 Å². The molecule has 1 aromatic rings. The van der Waals surface area contributed by atoms with E-state index in [1.807, 2.05) is 6.07 Å². The molecule has 0 unspecified atom stereocenters. The summed E-state index contributed by atoms with van der Waals surface area (Å²) < 4.78 is 5.21. The summed E-state index contributed by atoms with van der Waals surface area (Å²) in [6, 6.07) is 5.35. The molecule has 0 atom stereocenters. The van der Waals surface area contributed by atoms with Gasteiger partial charge in [-0.1, -0.05) is 6.07 Å². The van der Waals surface area contributed by atoms with Gasteiger partial charge in [-0.2, -0.15) is 0 Å². The van der Waals surface area contributed by atoms with E-state index in [0.717, 1.165) is 5.56 Å². The predicted molar refractivity (Wildman–Crippen MR) is 59.9 cm³/mol. The first kappa shape index (κ1) is 11.4. The van der Waals surface area contributed by atoms with Crippen LogP contribution in [0.25, 0.3) is 0 Å². The van der Waals surface area contributed by atoms with Crippen LogP contribution < -0.4 is 15.4 Å². The van der Waals surface area contributed by atoms with Gasteiger partial charge in [0.05, 0.1) is 12.2 Å². The summed E-state index contributed by atoms with van der Waals surface area (Å²) in [5, 5.41) is 13.9. The third-order valence-corrected chi connectivity index (χ3v) is 2.28. The Morgan fingerprint density at radius 3 is 3.12 bits per heavy atom. The highest BCUT2D eigenvalue weighted by molar-refractivity contribution is 5.95. The number of hydrogen-bond donors (Lipinski definition) is 3. The minimum atomic E-state index is -0.903. The first-order valence-electron chi connectivity index (χ1n) is 5.13. The van der Waals surface area contributed by atoms with E-state index < -0.39 is 5.97 Å². The van der Waals surface area contributed by atoms with Crippen molar-refractivity contribution in [2.24, 2.45) is 0 Å². The second-order valence-corrected chi connectivity index (χ2v) is 3.66. The van der Waals surface area contributed by atoms with E-state index >= 15 is 0 Å². The lowest BCUT2D eigenvalue weighted by atomic mass is 10.1. The average molecular weight is 236 g/mol. The number of amides is 1. The Kier molecular flexibility index (Phi) is 3.24. The van der Waals surface area contributed by atoms with Crippen molar-refractivity contribution in [3.05, 3.63) is 23.8 Å². The quantitative estimate of drug-likeness (QED) is 0.694. The third kappa shape index (κ3) is 2.94. The van der Waals surface area contributed by atoms with E-state index in [2.05, 4.69) is 10.6 Å². The smallest absolute Gasteiger partial charge is 0.317 e. The fourth-order valence-electron chi connectivity index (χ4n) is 1.55. The molecule has 2 rings (SSSR count). The van der Waals surface area contributed by atoms with Crippen molar-refractivity contribution in [2.75, 3.05) is 18.5 Å². The Balaban J connectivity index is 2.02. The maximum atomic E-state index is 11.1. The summed E-state index contributed by atoms with van der Waals surface area (Å²) >= 11 is 0. The van der Waals surface area contributed by atoms with Crippen molar-refractivity contribution >= 4 is 17.6 Å². The molecule has 1 aromatic carbocycles. The van der Waals surface area contributed by atoms with Crippen molar-refractivity contribution in [2.45, 2.75) is 6.54 Å². The monoisotopic (exact) mass is 236 g/mol. The lowest BCUT2D eigenvalue weighted by molar-refractivity contribution is -0.136. The average Bonchev–Trinajstić information content (AvgIpc) is 2.28. The minimum Gasteiger partial charge on any atom is -0.482 e. The van der Waals surface area contributed by atoms with E-state index in [9.17, 15) is 9.59 Å². The first-order valence-corrected chi connectivity index (χ1v) is 5.13. The first-order chi connectivity index (χ1) is 8.15. The zero-order valence-corrected chi connectivity index (χ0v) is 9.03. The van der Waals surface area contributed by atoms with Crippen molar-refractivity contribution in [3.63, 3.8) is 0 Å². The fraction of sp³-hybridized carbons (Fsp3) is 0.273. The van der Waals surface area contributed by atoms with Crippen molar-refractivity contribution in [3.8, 4) is 5.75 Å². The highest BCUT2D eigenvalue weighted by atomic mass is 16.5. The molecule has 0 bridgehead atoms. The van der Waals surface area contributed by atoms with Gasteiger partial charge in [0.2, 0.25) is 0 Å². The SMILES string of the molecule is O=C(O)CNCc1ccc2c(c1)NC(=O)CO2. The normalized spacial score (nSPS) is 13.5. The van der Waals surface area contributed by atoms with E-state index in [4.69, 9.17) is 9.84 Å². The number of carbonyl (C=O) groups is 2. The lowest BCUT2D eigenvalue weighted by Crippen LogP contribution is -2.26. The molecule has 0 fully saturated rings. The molecule has 6 heteroatoms. The summed E-state index contributed by atoms with van der Waals surface area (Å²) in [5.74, 6) is -0.459. The number of ether oxygens (including phenoxy) is 1. The van der Waals surface area contributed by atoms with Crippen LogP contribution in [0.3, 0.4) is 0 Å². The summed E-state index contributed by atoms with van der Waals surface area (Å²) in [6.45, 7) is 0.360. The molecule has 0 radical (unpaired) electrons. The van der Waals surface area contributed by atoms with Crippen molar-refractivity contribution in [1.29, 1.82) is 0 Å². The van der Waals surface area contributed by atoms with Crippen LogP contribution >= 0.6 is 0 Å². The standard InChI is InChI=1S/C11H12N2O4/c14-10-6-17-9-2-1-7(3-8(9)13-10)4-12-5-11(15)16/h1-3,12H,4-6H2,(H,13,14)(H,15,16). The van der Waals surface area contributed by atoms with Crippen LogP contribution in [0.5, 0.6) is 5.75 Å². The molecule has 1 amide bonds. The number of rotatable bonds is 4. The molecular weight excluding hydrogens is 224 g/mol.